The van der Waals surface area contributed by atoms with Gasteiger partial charge in [0, 0.05) is 11.9 Å². The second kappa shape index (κ2) is 6.79. The molecule has 0 radical (unpaired) electrons. The number of hydrogen-bond acceptors (Lipinski definition) is 3. The molecule has 0 aliphatic rings. The van der Waals surface area contributed by atoms with Crippen molar-refractivity contribution in [3.05, 3.63) is 51.2 Å². The molecule has 1 heterocycles. The monoisotopic (exact) mass is 404 g/mol. The summed E-state index contributed by atoms with van der Waals surface area (Å²) in [6, 6.07) is 5.21. The molecule has 7 heteroatoms. The Balaban J connectivity index is 2.26. The highest BCUT2D eigenvalue weighted by Gasteiger charge is 2.15. The zero-order valence-electron chi connectivity index (χ0n) is 11.0. The predicted molar refractivity (Wildman–Crippen MR) is 82.4 cm³/mol. The second-order valence-electron chi connectivity index (χ2n) is 4.00. The van der Waals surface area contributed by atoms with Crippen LogP contribution < -0.4 is 10.1 Å². The fourth-order valence-electron chi connectivity index (χ4n) is 1.64. The van der Waals surface area contributed by atoms with Crippen LogP contribution in [0.2, 0.25) is 0 Å². The number of nitrogens with one attached hydrogen (secondary N) is 1. The Morgan fingerprint density at radius 3 is 2.67 bits per heavy atom. The van der Waals surface area contributed by atoms with E-state index in [1.54, 1.807) is 35.6 Å². The third-order valence-corrected chi connectivity index (χ3v) is 3.57. The van der Waals surface area contributed by atoms with Crippen molar-refractivity contribution in [3.63, 3.8) is 0 Å². The normalized spacial score (nSPS) is 10.3. The van der Waals surface area contributed by atoms with Crippen LogP contribution in [-0.2, 0) is 0 Å². The van der Waals surface area contributed by atoms with Gasteiger partial charge in [-0.25, -0.2) is 13.8 Å². The van der Waals surface area contributed by atoms with E-state index in [0.29, 0.717) is 6.61 Å². The molecule has 110 valence electrons. The highest BCUT2D eigenvalue weighted by molar-refractivity contribution is 14.1. The standard InChI is InChI=1S/C14H11F2IN2O2/c1-2-21-14-9(4-3-5-18-14)13(20)19-8-6-10(15)12(17)11(16)7-8/h3-7H,2H2,1H3,(H,19,20). The number of amides is 1. The van der Waals surface area contributed by atoms with E-state index in [-0.39, 0.29) is 20.7 Å². The van der Waals surface area contributed by atoms with Gasteiger partial charge in [0.25, 0.3) is 5.91 Å². The van der Waals surface area contributed by atoms with Crippen molar-refractivity contribution >= 4 is 34.2 Å². The van der Waals surface area contributed by atoms with Gasteiger partial charge in [0.1, 0.15) is 17.2 Å². The average Bonchev–Trinajstić information content (AvgIpc) is 2.45. The number of carbonyl (C=O) groups is 1. The molecule has 2 aromatic rings. The van der Waals surface area contributed by atoms with E-state index in [1.165, 1.54) is 12.3 Å². The molecule has 0 unspecified atom stereocenters. The smallest absolute Gasteiger partial charge is 0.261 e. The van der Waals surface area contributed by atoms with Crippen LogP contribution in [-0.4, -0.2) is 17.5 Å². The van der Waals surface area contributed by atoms with Gasteiger partial charge in [-0.05, 0) is 53.8 Å². The van der Waals surface area contributed by atoms with Gasteiger partial charge in [-0.2, -0.15) is 0 Å². The third-order valence-electron chi connectivity index (χ3n) is 2.54. The van der Waals surface area contributed by atoms with Crippen molar-refractivity contribution in [1.82, 2.24) is 4.98 Å². The van der Waals surface area contributed by atoms with Gasteiger partial charge in [-0.15, -0.1) is 0 Å². The molecule has 0 saturated carbocycles. The summed E-state index contributed by atoms with van der Waals surface area (Å²) >= 11 is 1.55. The molecular formula is C14H11F2IN2O2. The second-order valence-corrected chi connectivity index (χ2v) is 5.08. The minimum atomic E-state index is -0.734. The van der Waals surface area contributed by atoms with E-state index in [0.717, 1.165) is 12.1 Å². The van der Waals surface area contributed by atoms with Crippen molar-refractivity contribution in [1.29, 1.82) is 0 Å². The van der Waals surface area contributed by atoms with Gasteiger partial charge in [0.15, 0.2) is 0 Å². The molecule has 0 fully saturated rings. The summed E-state index contributed by atoms with van der Waals surface area (Å²) in [4.78, 5) is 16.1. The molecule has 1 aromatic heterocycles. The van der Waals surface area contributed by atoms with Gasteiger partial charge in [-0.3, -0.25) is 4.79 Å². The summed E-state index contributed by atoms with van der Waals surface area (Å²) in [7, 11) is 0. The predicted octanol–water partition coefficient (Wildman–Crippen LogP) is 3.62. The molecule has 1 aromatic carbocycles. The summed E-state index contributed by atoms with van der Waals surface area (Å²) in [5.41, 5.74) is 0.223. The summed E-state index contributed by atoms with van der Waals surface area (Å²) in [5, 5.41) is 2.42. The van der Waals surface area contributed by atoms with E-state index in [4.69, 9.17) is 4.74 Å². The number of benzene rings is 1. The first-order valence-electron chi connectivity index (χ1n) is 6.06. The molecule has 4 nitrogen and oxygen atoms in total. The lowest BCUT2D eigenvalue weighted by Gasteiger charge is -2.10. The Labute approximate surface area is 133 Å². The number of ether oxygens (including phenoxy) is 1. The van der Waals surface area contributed by atoms with Crippen LogP contribution in [0.1, 0.15) is 17.3 Å². The molecule has 0 saturated heterocycles. The maximum atomic E-state index is 13.5. The Bertz CT molecular complexity index is 657. The van der Waals surface area contributed by atoms with Crippen molar-refractivity contribution in [2.24, 2.45) is 0 Å². The van der Waals surface area contributed by atoms with Crippen LogP contribution in [0, 0.1) is 15.2 Å². The fraction of sp³-hybridized carbons (Fsp3) is 0.143. The number of rotatable bonds is 4. The van der Waals surface area contributed by atoms with Crippen LogP contribution in [0.4, 0.5) is 14.5 Å². The fourth-order valence-corrected chi connectivity index (χ4v) is 1.95. The molecule has 21 heavy (non-hydrogen) atoms. The number of halogens is 3. The summed E-state index contributed by atoms with van der Waals surface area (Å²) in [6.45, 7) is 2.12. The zero-order chi connectivity index (χ0) is 15.4. The van der Waals surface area contributed by atoms with Gasteiger partial charge in [-0.1, -0.05) is 0 Å². The number of pyridine rings is 1. The maximum absolute atomic E-state index is 13.5. The quantitative estimate of drug-likeness (QED) is 0.626. The van der Waals surface area contributed by atoms with E-state index < -0.39 is 17.5 Å². The molecule has 2 rings (SSSR count). The summed E-state index contributed by atoms with van der Waals surface area (Å²) in [6.07, 6.45) is 1.49. The van der Waals surface area contributed by atoms with E-state index >= 15 is 0 Å². The third kappa shape index (κ3) is 3.66. The van der Waals surface area contributed by atoms with E-state index in [2.05, 4.69) is 10.3 Å². The largest absolute Gasteiger partial charge is 0.477 e. The Morgan fingerprint density at radius 1 is 1.38 bits per heavy atom. The highest BCUT2D eigenvalue weighted by Crippen LogP contribution is 2.22. The number of anilines is 1. The number of hydrogen-bond donors (Lipinski definition) is 1. The number of nitrogens with zero attached hydrogens (tertiary/aromatic N) is 1. The van der Waals surface area contributed by atoms with Crippen molar-refractivity contribution in [3.8, 4) is 5.88 Å². The van der Waals surface area contributed by atoms with Crippen molar-refractivity contribution in [2.75, 3.05) is 11.9 Å². The average molecular weight is 404 g/mol. The van der Waals surface area contributed by atoms with E-state index in [9.17, 15) is 13.6 Å². The Morgan fingerprint density at radius 2 is 2.05 bits per heavy atom. The van der Waals surface area contributed by atoms with Gasteiger partial charge >= 0.3 is 0 Å². The van der Waals surface area contributed by atoms with Crippen molar-refractivity contribution < 1.29 is 18.3 Å². The summed E-state index contributed by atoms with van der Waals surface area (Å²) < 4.78 is 32.0. The molecule has 1 amide bonds. The minimum absolute atomic E-state index is 0.0294. The first-order valence-corrected chi connectivity index (χ1v) is 7.14. The number of aromatic nitrogens is 1. The molecule has 0 bridgehead atoms. The highest BCUT2D eigenvalue weighted by atomic mass is 127. The topological polar surface area (TPSA) is 51.2 Å². The van der Waals surface area contributed by atoms with Gasteiger partial charge in [0.2, 0.25) is 5.88 Å². The first-order chi connectivity index (χ1) is 10.0. The van der Waals surface area contributed by atoms with Crippen molar-refractivity contribution in [2.45, 2.75) is 6.92 Å². The van der Waals surface area contributed by atoms with Crippen LogP contribution >= 0.6 is 22.6 Å². The molecule has 0 atom stereocenters. The molecule has 0 aliphatic heterocycles. The molecular weight excluding hydrogens is 393 g/mol. The summed E-state index contributed by atoms with van der Waals surface area (Å²) in [5.74, 6) is -1.85. The van der Waals surface area contributed by atoms with E-state index in [1.807, 2.05) is 0 Å². The lowest BCUT2D eigenvalue weighted by atomic mass is 10.2. The Kier molecular flexibility index (Phi) is 5.05. The van der Waals surface area contributed by atoms with Crippen LogP contribution in [0.15, 0.2) is 30.5 Å². The minimum Gasteiger partial charge on any atom is -0.477 e. The van der Waals surface area contributed by atoms with Crippen LogP contribution in [0.5, 0.6) is 5.88 Å². The first kappa shape index (κ1) is 15.6. The van der Waals surface area contributed by atoms with Gasteiger partial charge in [0.05, 0.1) is 10.2 Å². The molecule has 1 N–H and O–H groups in total. The maximum Gasteiger partial charge on any atom is 0.261 e. The van der Waals surface area contributed by atoms with Gasteiger partial charge < -0.3 is 10.1 Å². The lowest BCUT2D eigenvalue weighted by molar-refractivity contribution is 0.102. The molecule has 0 aliphatic carbocycles. The molecule has 0 spiro atoms. The van der Waals surface area contributed by atoms with Crippen LogP contribution in [0.25, 0.3) is 0 Å². The Hall–Kier alpha value is -1.77. The SMILES string of the molecule is CCOc1ncccc1C(=O)Nc1cc(F)c(I)c(F)c1. The van der Waals surface area contributed by atoms with Crippen LogP contribution in [0.3, 0.4) is 0 Å². The number of carbonyl (C=O) groups excluding carboxylic acids is 1. The zero-order valence-corrected chi connectivity index (χ0v) is 13.1. The lowest BCUT2D eigenvalue weighted by Crippen LogP contribution is -2.15.